The van der Waals surface area contributed by atoms with E-state index in [0.717, 1.165) is 11.1 Å². The van der Waals surface area contributed by atoms with E-state index in [2.05, 4.69) is 10.3 Å². The van der Waals surface area contributed by atoms with Gasteiger partial charge < -0.3 is 24.4 Å². The molecule has 0 radical (unpaired) electrons. The van der Waals surface area contributed by atoms with Crippen LogP contribution in [0.5, 0.6) is 5.75 Å². The Kier molecular flexibility index (Phi) is 12.1. The number of nitrogens with zero attached hydrogens (tertiary/aromatic N) is 1. The lowest BCUT2D eigenvalue weighted by Crippen LogP contribution is -2.50. The molecule has 2 aromatic carbocycles. The Morgan fingerprint density at radius 2 is 1.63 bits per heavy atom. The molecular weight excluding hydrogens is 654 g/mol. The van der Waals surface area contributed by atoms with E-state index in [9.17, 15) is 27.9 Å². The normalized spacial score (nSPS) is 18.5. The maximum absolute atomic E-state index is 13.1. The van der Waals surface area contributed by atoms with Gasteiger partial charge in [0.15, 0.2) is 5.75 Å². The fourth-order valence-electron chi connectivity index (χ4n) is 5.37. The third kappa shape index (κ3) is 10.8. The quantitative estimate of drug-likeness (QED) is 0.141. The minimum absolute atomic E-state index is 0.0454. The van der Waals surface area contributed by atoms with Crippen LogP contribution in [-0.4, -0.2) is 77.8 Å². The summed E-state index contributed by atoms with van der Waals surface area (Å²) in [5.41, 5.74) is -0.979. The molecule has 264 valence electrons. The second kappa shape index (κ2) is 15.9. The number of carbonyl (C=O) groups is 3. The number of amides is 1. The van der Waals surface area contributed by atoms with Crippen molar-refractivity contribution in [1.82, 2.24) is 15.0 Å². The van der Waals surface area contributed by atoms with Crippen LogP contribution >= 0.6 is 0 Å². The third-order valence-electron chi connectivity index (χ3n) is 7.73. The molecule has 1 saturated carbocycles. The zero-order valence-corrected chi connectivity index (χ0v) is 28.7. The summed E-state index contributed by atoms with van der Waals surface area (Å²) < 4.78 is 44.2. The largest absolute Gasteiger partial charge is 0.490 e. The lowest BCUT2D eigenvalue weighted by molar-refractivity contribution is -0.179. The Labute approximate surface area is 286 Å². The van der Waals surface area contributed by atoms with Crippen molar-refractivity contribution in [2.24, 2.45) is 0 Å². The molecule has 1 aliphatic rings. The van der Waals surface area contributed by atoms with Crippen LogP contribution < -0.4 is 14.8 Å². The lowest BCUT2D eigenvalue weighted by Gasteiger charge is -2.34. The predicted molar refractivity (Wildman–Crippen MR) is 180 cm³/mol. The van der Waals surface area contributed by atoms with Crippen molar-refractivity contribution in [3.8, 4) is 16.9 Å². The highest BCUT2D eigenvalue weighted by molar-refractivity contribution is 7.90. The zero-order chi connectivity index (χ0) is 35.8. The summed E-state index contributed by atoms with van der Waals surface area (Å²) >= 11 is 0. The highest BCUT2D eigenvalue weighted by Gasteiger charge is 2.42. The Balaban J connectivity index is 1.40. The summed E-state index contributed by atoms with van der Waals surface area (Å²) in [4.78, 5) is 41.1. The first-order chi connectivity index (χ1) is 23.0. The zero-order valence-electron chi connectivity index (χ0n) is 27.9. The molecule has 0 spiro atoms. The van der Waals surface area contributed by atoms with Gasteiger partial charge in [-0.2, -0.15) is 0 Å². The van der Waals surface area contributed by atoms with E-state index in [-0.39, 0.29) is 35.6 Å². The van der Waals surface area contributed by atoms with E-state index >= 15 is 0 Å². The van der Waals surface area contributed by atoms with Crippen LogP contribution in [0.25, 0.3) is 11.1 Å². The van der Waals surface area contributed by atoms with E-state index in [1.807, 2.05) is 35.1 Å². The maximum atomic E-state index is 13.1. The van der Waals surface area contributed by atoms with E-state index in [0.29, 0.717) is 25.7 Å². The number of nitrogens with one attached hydrogen (secondary N) is 2. The number of benzene rings is 2. The molecule has 1 aliphatic carbocycles. The van der Waals surface area contributed by atoms with Crippen molar-refractivity contribution in [2.75, 3.05) is 12.3 Å². The Morgan fingerprint density at radius 1 is 0.959 bits per heavy atom. The van der Waals surface area contributed by atoms with E-state index < -0.39 is 51.1 Å². The minimum atomic E-state index is -4.42. The predicted octanol–water partition coefficient (Wildman–Crippen LogP) is 3.76. The van der Waals surface area contributed by atoms with Crippen molar-refractivity contribution in [3.05, 3.63) is 84.2 Å². The molecule has 4 N–H and O–H groups in total. The van der Waals surface area contributed by atoms with Crippen LogP contribution in [0.15, 0.2) is 73.1 Å². The number of rotatable bonds is 14. The Morgan fingerprint density at radius 3 is 2.24 bits per heavy atom. The summed E-state index contributed by atoms with van der Waals surface area (Å²) in [5.74, 6) is -4.48. The van der Waals surface area contributed by atoms with Gasteiger partial charge in [0, 0.05) is 24.5 Å². The van der Waals surface area contributed by atoms with Crippen molar-refractivity contribution in [1.29, 1.82) is 0 Å². The van der Waals surface area contributed by atoms with Gasteiger partial charge in [-0.3, -0.25) is 19.9 Å². The maximum Gasteiger partial charge on any atom is 0.344 e. The molecule has 14 heteroatoms. The van der Waals surface area contributed by atoms with Crippen LogP contribution in [-0.2, 0) is 34.7 Å². The van der Waals surface area contributed by atoms with Crippen LogP contribution in [0, 0.1) is 0 Å². The number of hydrogen-bond acceptors (Lipinski definition) is 11. The number of aliphatic carboxylic acids is 1. The van der Waals surface area contributed by atoms with Gasteiger partial charge in [-0.15, -0.1) is 0 Å². The molecule has 3 aromatic rings. The number of aromatic nitrogens is 1. The van der Waals surface area contributed by atoms with Crippen molar-refractivity contribution in [3.63, 3.8) is 0 Å². The first kappa shape index (κ1) is 37.4. The first-order valence-electron chi connectivity index (χ1n) is 15.9. The summed E-state index contributed by atoms with van der Waals surface area (Å²) in [7, 11) is -4.42. The number of carboxylic acids is 1. The van der Waals surface area contributed by atoms with Gasteiger partial charge in [0.25, 0.3) is 5.91 Å². The first-order valence-corrected chi connectivity index (χ1v) is 17.6. The number of sulfonamides is 1. The van der Waals surface area contributed by atoms with Crippen molar-refractivity contribution < 1.29 is 47.2 Å². The van der Waals surface area contributed by atoms with Crippen molar-refractivity contribution in [2.45, 2.75) is 83.0 Å². The standard InChI is InChI=1S/C35H43N3O10S/c1-23(37-22-35(43,26-11-8-18-36-20-26)33(42)48-34(2,3)4)46-27-13-15-28(16-14-27)47-30-19-25(24-9-6-5-7-10-24)12-17-29(30)32(41)38-49(44,45)21-31(39)40/h5-12,17-20,23,27-28,37,43H,13-16,21-22H2,1-4H3,(H,38,41)(H,39,40)/t23?,27?,28?,35-/m0/s1. The molecule has 1 unspecified atom stereocenters. The molecule has 0 saturated heterocycles. The Hall–Kier alpha value is -4.37. The van der Waals surface area contributed by atoms with Gasteiger partial charge >= 0.3 is 11.9 Å². The van der Waals surface area contributed by atoms with Gasteiger partial charge in [-0.25, -0.2) is 17.9 Å². The SMILES string of the molecule is CC(NC[C@@](O)(C(=O)OC(C)(C)C)c1cccnc1)OC1CCC(Oc2cc(-c3ccccc3)ccc2C(=O)NS(=O)(=O)CC(=O)O)CC1. The van der Waals surface area contributed by atoms with Crippen LogP contribution in [0.3, 0.4) is 0 Å². The topological polar surface area (TPSA) is 190 Å². The molecule has 1 fully saturated rings. The number of carbonyl (C=O) groups excluding carboxylic acids is 2. The highest BCUT2D eigenvalue weighted by atomic mass is 32.2. The van der Waals surface area contributed by atoms with Gasteiger partial charge in [-0.1, -0.05) is 42.5 Å². The molecule has 0 bridgehead atoms. The molecule has 2 atom stereocenters. The fourth-order valence-corrected chi connectivity index (χ4v) is 6.16. The summed E-state index contributed by atoms with van der Waals surface area (Å²) in [5, 5.41) is 23.5. The average Bonchev–Trinajstić information content (AvgIpc) is 3.03. The Bertz CT molecular complexity index is 1710. The number of esters is 1. The molecule has 13 nitrogen and oxygen atoms in total. The smallest absolute Gasteiger partial charge is 0.344 e. The summed E-state index contributed by atoms with van der Waals surface area (Å²) in [6, 6.07) is 17.4. The molecule has 4 rings (SSSR count). The summed E-state index contributed by atoms with van der Waals surface area (Å²) in [6.07, 6.45) is 4.24. The van der Waals surface area contributed by atoms with Gasteiger partial charge in [-0.05, 0) is 82.7 Å². The van der Waals surface area contributed by atoms with Gasteiger partial charge in [0.05, 0.1) is 17.8 Å². The number of ether oxygens (including phenoxy) is 3. The number of hydrogen-bond donors (Lipinski definition) is 4. The van der Waals surface area contributed by atoms with Gasteiger partial charge in [0.2, 0.25) is 15.6 Å². The van der Waals surface area contributed by atoms with E-state index in [1.54, 1.807) is 58.2 Å². The van der Waals surface area contributed by atoms with Gasteiger partial charge in [0.1, 0.15) is 17.6 Å². The molecule has 1 aromatic heterocycles. The number of pyridine rings is 1. The second-order valence-corrected chi connectivity index (χ2v) is 14.7. The molecule has 0 aliphatic heterocycles. The van der Waals surface area contributed by atoms with Crippen molar-refractivity contribution >= 4 is 27.9 Å². The van der Waals surface area contributed by atoms with Crippen LogP contribution in [0.1, 0.15) is 69.3 Å². The third-order valence-corrected chi connectivity index (χ3v) is 8.85. The van der Waals surface area contributed by atoms with E-state index in [1.165, 1.54) is 12.3 Å². The number of aliphatic hydroxyl groups is 1. The van der Waals surface area contributed by atoms with E-state index in [4.69, 9.17) is 19.3 Å². The summed E-state index contributed by atoms with van der Waals surface area (Å²) in [6.45, 7) is 6.75. The highest BCUT2D eigenvalue weighted by Crippen LogP contribution is 2.32. The molecule has 1 heterocycles. The lowest BCUT2D eigenvalue weighted by atomic mass is 9.94. The van der Waals surface area contributed by atoms with Crippen LogP contribution in [0.2, 0.25) is 0 Å². The average molecular weight is 698 g/mol. The monoisotopic (exact) mass is 697 g/mol. The minimum Gasteiger partial charge on any atom is -0.490 e. The molecule has 49 heavy (non-hydrogen) atoms. The second-order valence-electron chi connectivity index (χ2n) is 12.9. The number of carboxylic acid groups (broad SMARTS) is 1. The van der Waals surface area contributed by atoms with Crippen LogP contribution in [0.4, 0.5) is 0 Å². The molecule has 1 amide bonds. The fraction of sp³-hybridized carbons (Fsp3) is 0.429. The molecular formula is C35H43N3O10S.